The molecule has 0 N–H and O–H groups in total. The molecule has 2 aliphatic heterocycles. The zero-order valence-electron chi connectivity index (χ0n) is 15.9. The van der Waals surface area contributed by atoms with Crippen molar-refractivity contribution in [2.75, 3.05) is 18.8 Å². The molecule has 2 heterocycles. The van der Waals surface area contributed by atoms with Gasteiger partial charge in [0.2, 0.25) is 6.79 Å². The van der Waals surface area contributed by atoms with Crippen molar-refractivity contribution in [3.8, 4) is 17.2 Å². The van der Waals surface area contributed by atoms with E-state index >= 15 is 0 Å². The smallest absolute Gasteiger partial charge is 0.334 e. The fourth-order valence-corrected chi connectivity index (χ4v) is 3.94. The van der Waals surface area contributed by atoms with Gasteiger partial charge in [-0.05, 0) is 30.7 Å². The van der Waals surface area contributed by atoms with Crippen LogP contribution in [-0.2, 0) is 14.6 Å². The Bertz CT molecular complexity index is 1120. The van der Waals surface area contributed by atoms with Crippen molar-refractivity contribution in [3.05, 3.63) is 53.6 Å². The van der Waals surface area contributed by atoms with Gasteiger partial charge in [0, 0.05) is 12.3 Å². The Labute approximate surface area is 172 Å². The fourth-order valence-electron chi connectivity index (χ4n) is 3.29. The number of nitrogens with zero attached hydrogens (tertiary/aromatic N) is 1. The molecular formula is C20H17NO8S. The van der Waals surface area contributed by atoms with Crippen LogP contribution >= 0.6 is 0 Å². The molecular weight excluding hydrogens is 414 g/mol. The summed E-state index contributed by atoms with van der Waals surface area (Å²) in [4.78, 5) is 39.3. The highest BCUT2D eigenvalue weighted by Crippen LogP contribution is 2.35. The first-order valence-corrected chi connectivity index (χ1v) is 11.1. The van der Waals surface area contributed by atoms with Gasteiger partial charge in [0.1, 0.15) is 21.6 Å². The minimum Gasteiger partial charge on any atom is -0.454 e. The molecule has 156 valence electrons. The number of sulfone groups is 1. The van der Waals surface area contributed by atoms with Crippen LogP contribution < -0.4 is 14.2 Å². The summed E-state index contributed by atoms with van der Waals surface area (Å²) in [5.41, 5.74) is 0.311. The lowest BCUT2D eigenvalue weighted by Crippen LogP contribution is -2.47. The van der Waals surface area contributed by atoms with Gasteiger partial charge in [-0.1, -0.05) is 12.1 Å². The van der Waals surface area contributed by atoms with Crippen molar-refractivity contribution in [3.63, 3.8) is 0 Å². The average Bonchev–Trinajstić information content (AvgIpc) is 3.25. The van der Waals surface area contributed by atoms with Gasteiger partial charge in [-0.2, -0.15) is 0 Å². The van der Waals surface area contributed by atoms with E-state index in [9.17, 15) is 22.8 Å². The number of rotatable bonds is 6. The number of hydrogen-bond donors (Lipinski definition) is 0. The Balaban J connectivity index is 1.62. The van der Waals surface area contributed by atoms with E-state index in [2.05, 4.69) is 0 Å². The topological polar surface area (TPSA) is 116 Å². The van der Waals surface area contributed by atoms with Crippen molar-refractivity contribution in [2.45, 2.75) is 12.5 Å². The monoisotopic (exact) mass is 431 g/mol. The SMILES string of the molecule is CS(=O)(=O)CCC(C(=O)Oc1ccc2c(c1)OCO2)N1C(=O)c2ccccc2C1=O. The van der Waals surface area contributed by atoms with Crippen LogP contribution in [0, 0.1) is 0 Å². The predicted octanol–water partition coefficient (Wildman–Crippen LogP) is 1.42. The Morgan fingerprint density at radius 3 is 2.33 bits per heavy atom. The van der Waals surface area contributed by atoms with Gasteiger partial charge in [-0.25, -0.2) is 13.2 Å². The summed E-state index contributed by atoms with van der Waals surface area (Å²) in [5.74, 6) is -1.68. The first-order valence-electron chi connectivity index (χ1n) is 9.00. The number of benzene rings is 2. The number of esters is 1. The molecule has 0 fully saturated rings. The quantitative estimate of drug-likeness (QED) is 0.383. The minimum absolute atomic E-state index is 0.0404. The normalized spacial score (nSPS) is 15.8. The molecule has 10 heteroatoms. The molecule has 0 aromatic heterocycles. The maximum absolute atomic E-state index is 12.9. The average molecular weight is 431 g/mol. The molecule has 9 nitrogen and oxygen atoms in total. The zero-order chi connectivity index (χ0) is 21.5. The number of carbonyl (C=O) groups excluding carboxylic acids is 3. The second-order valence-electron chi connectivity index (χ2n) is 6.90. The number of amides is 2. The lowest BCUT2D eigenvalue weighted by Gasteiger charge is -2.24. The van der Waals surface area contributed by atoms with E-state index in [0.29, 0.717) is 11.5 Å². The van der Waals surface area contributed by atoms with Crippen molar-refractivity contribution in [1.29, 1.82) is 0 Å². The number of hydrogen-bond acceptors (Lipinski definition) is 8. The summed E-state index contributed by atoms with van der Waals surface area (Å²) in [6.07, 6.45) is 0.725. The van der Waals surface area contributed by atoms with Crippen LogP contribution in [0.15, 0.2) is 42.5 Å². The standard InChI is InChI=1S/C20H17NO8S/c1-30(25,26)9-8-15(21-18(22)13-4-2-3-5-14(13)19(21)23)20(24)29-12-6-7-16-17(10-12)28-11-27-16/h2-7,10,15H,8-9,11H2,1H3. The Kier molecular flexibility index (Phi) is 4.94. The van der Waals surface area contributed by atoms with Crippen molar-refractivity contribution in [1.82, 2.24) is 4.90 Å². The van der Waals surface area contributed by atoms with Gasteiger partial charge in [-0.15, -0.1) is 0 Å². The molecule has 4 rings (SSSR count). The van der Waals surface area contributed by atoms with E-state index in [1.54, 1.807) is 18.2 Å². The van der Waals surface area contributed by atoms with E-state index < -0.39 is 39.4 Å². The number of fused-ring (bicyclic) bond motifs is 2. The molecule has 2 aromatic rings. The van der Waals surface area contributed by atoms with Crippen molar-refractivity contribution < 1.29 is 37.0 Å². The van der Waals surface area contributed by atoms with Crippen molar-refractivity contribution in [2.24, 2.45) is 0 Å². The van der Waals surface area contributed by atoms with Gasteiger partial charge >= 0.3 is 5.97 Å². The number of ether oxygens (including phenoxy) is 3. The summed E-state index contributed by atoms with van der Waals surface area (Å²) in [6.45, 7) is 0.0404. The minimum atomic E-state index is -3.46. The molecule has 0 aliphatic carbocycles. The van der Waals surface area contributed by atoms with Gasteiger partial charge in [-0.3, -0.25) is 14.5 Å². The summed E-state index contributed by atoms with van der Waals surface area (Å²) in [7, 11) is -3.46. The van der Waals surface area contributed by atoms with Crippen LogP contribution in [0.3, 0.4) is 0 Å². The maximum Gasteiger partial charge on any atom is 0.334 e. The third kappa shape index (κ3) is 3.73. The molecule has 0 saturated heterocycles. The number of carbonyl (C=O) groups is 3. The molecule has 30 heavy (non-hydrogen) atoms. The van der Waals surface area contributed by atoms with Gasteiger partial charge < -0.3 is 14.2 Å². The summed E-state index contributed by atoms with van der Waals surface area (Å²) in [5, 5.41) is 0. The van der Waals surface area contributed by atoms with Crippen LogP contribution in [0.2, 0.25) is 0 Å². The summed E-state index contributed by atoms with van der Waals surface area (Å²) < 4.78 is 39.1. The predicted molar refractivity (Wildman–Crippen MR) is 103 cm³/mol. The molecule has 1 atom stereocenters. The molecule has 2 amide bonds. The molecule has 1 unspecified atom stereocenters. The van der Waals surface area contributed by atoms with E-state index in [1.165, 1.54) is 24.3 Å². The first kappa shape index (κ1) is 19.9. The summed E-state index contributed by atoms with van der Waals surface area (Å²) >= 11 is 0. The highest BCUT2D eigenvalue weighted by Gasteiger charge is 2.43. The molecule has 2 aromatic carbocycles. The molecule has 2 aliphatic rings. The molecule has 0 bridgehead atoms. The zero-order valence-corrected chi connectivity index (χ0v) is 16.7. The van der Waals surface area contributed by atoms with Gasteiger partial charge in [0.05, 0.1) is 16.9 Å². The molecule has 0 radical (unpaired) electrons. The Hall–Kier alpha value is -3.40. The largest absolute Gasteiger partial charge is 0.454 e. The third-order valence-electron chi connectivity index (χ3n) is 4.73. The fraction of sp³-hybridized carbons (Fsp3) is 0.250. The third-order valence-corrected chi connectivity index (χ3v) is 5.71. The number of imide groups is 1. The Morgan fingerprint density at radius 1 is 1.07 bits per heavy atom. The van der Waals surface area contributed by atoms with E-state index in [0.717, 1.165) is 11.2 Å². The Morgan fingerprint density at radius 2 is 1.70 bits per heavy atom. The second-order valence-corrected chi connectivity index (χ2v) is 9.16. The van der Waals surface area contributed by atoms with Crippen LogP contribution in [-0.4, -0.2) is 55.9 Å². The van der Waals surface area contributed by atoms with E-state index in [-0.39, 0.29) is 30.1 Å². The highest BCUT2D eigenvalue weighted by atomic mass is 32.2. The van der Waals surface area contributed by atoms with E-state index in [4.69, 9.17) is 14.2 Å². The first-order chi connectivity index (χ1) is 14.2. The molecule has 0 saturated carbocycles. The maximum atomic E-state index is 12.9. The van der Waals surface area contributed by atoms with Gasteiger partial charge in [0.25, 0.3) is 11.8 Å². The van der Waals surface area contributed by atoms with Crippen LogP contribution in [0.4, 0.5) is 0 Å². The second kappa shape index (κ2) is 7.45. The highest BCUT2D eigenvalue weighted by molar-refractivity contribution is 7.90. The lowest BCUT2D eigenvalue weighted by molar-refractivity contribution is -0.138. The summed E-state index contributed by atoms with van der Waals surface area (Å²) in [6, 6.07) is 9.22. The van der Waals surface area contributed by atoms with Crippen LogP contribution in [0.25, 0.3) is 0 Å². The van der Waals surface area contributed by atoms with Crippen LogP contribution in [0.5, 0.6) is 17.2 Å². The lowest BCUT2D eigenvalue weighted by atomic mass is 10.1. The van der Waals surface area contributed by atoms with E-state index in [1.807, 2.05) is 0 Å². The van der Waals surface area contributed by atoms with Crippen molar-refractivity contribution >= 4 is 27.6 Å². The molecule has 0 spiro atoms. The van der Waals surface area contributed by atoms with Crippen LogP contribution in [0.1, 0.15) is 27.1 Å². The van der Waals surface area contributed by atoms with Gasteiger partial charge in [0.15, 0.2) is 11.5 Å².